The van der Waals surface area contributed by atoms with Crippen molar-refractivity contribution >= 4 is 5.82 Å². The van der Waals surface area contributed by atoms with Gasteiger partial charge in [-0.25, -0.2) is 4.98 Å². The van der Waals surface area contributed by atoms with Crippen molar-refractivity contribution < 1.29 is 0 Å². The van der Waals surface area contributed by atoms with Crippen LogP contribution in [0.15, 0.2) is 24.5 Å². The molecule has 1 aromatic carbocycles. The highest BCUT2D eigenvalue weighted by Crippen LogP contribution is 2.25. The maximum absolute atomic E-state index is 6.01. The maximum atomic E-state index is 6.01. The van der Waals surface area contributed by atoms with E-state index in [-0.39, 0.29) is 0 Å². The topological polar surface area (TPSA) is 43.8 Å². The molecule has 2 N–H and O–H groups in total. The van der Waals surface area contributed by atoms with Crippen LogP contribution in [0.4, 0.5) is 5.82 Å². The third-order valence-electron chi connectivity index (χ3n) is 2.92. The molecule has 3 heteroatoms. The zero-order valence-corrected chi connectivity index (χ0v) is 10.1. The first-order valence-corrected chi connectivity index (χ1v) is 5.45. The number of imidazole rings is 1. The lowest BCUT2D eigenvalue weighted by Gasteiger charge is -2.05. The molecule has 0 aliphatic rings. The van der Waals surface area contributed by atoms with Crippen molar-refractivity contribution in [2.75, 3.05) is 5.73 Å². The van der Waals surface area contributed by atoms with Crippen LogP contribution in [0, 0.1) is 26.2 Å². The molecule has 0 radical (unpaired) electrons. The molecule has 0 aliphatic carbocycles. The zero-order chi connectivity index (χ0) is 12.4. The fourth-order valence-corrected chi connectivity index (χ4v) is 1.73. The Morgan fingerprint density at radius 2 is 2.12 bits per heavy atom. The van der Waals surface area contributed by atoms with Crippen molar-refractivity contribution in [3.8, 4) is 23.6 Å². The number of benzene rings is 1. The molecule has 0 unspecified atom stereocenters. The highest BCUT2D eigenvalue weighted by atomic mass is 15.1. The van der Waals surface area contributed by atoms with Crippen LogP contribution in [-0.4, -0.2) is 9.55 Å². The minimum Gasteiger partial charge on any atom is -0.383 e. The summed E-state index contributed by atoms with van der Waals surface area (Å²) < 4.78 is 1.77. The Morgan fingerprint density at radius 1 is 1.35 bits per heavy atom. The second-order valence-electron chi connectivity index (χ2n) is 4.11. The first-order chi connectivity index (χ1) is 8.13. The van der Waals surface area contributed by atoms with Crippen LogP contribution in [-0.2, 0) is 6.54 Å². The van der Waals surface area contributed by atoms with E-state index in [1.165, 1.54) is 11.1 Å². The average molecular weight is 225 g/mol. The van der Waals surface area contributed by atoms with Crippen LogP contribution in [0.3, 0.4) is 0 Å². The summed E-state index contributed by atoms with van der Waals surface area (Å²) in [6.45, 7) is 4.61. The molecule has 1 aromatic heterocycles. The molecular weight excluding hydrogens is 210 g/mol. The van der Waals surface area contributed by atoms with E-state index in [0.29, 0.717) is 12.4 Å². The van der Waals surface area contributed by atoms with E-state index in [0.717, 1.165) is 11.3 Å². The van der Waals surface area contributed by atoms with Crippen molar-refractivity contribution in [3.05, 3.63) is 35.7 Å². The van der Waals surface area contributed by atoms with Crippen LogP contribution in [0.5, 0.6) is 0 Å². The van der Waals surface area contributed by atoms with Gasteiger partial charge in [0.2, 0.25) is 0 Å². The number of nitrogens with zero attached hydrogens (tertiary/aromatic N) is 2. The smallest absolute Gasteiger partial charge is 0.132 e. The van der Waals surface area contributed by atoms with E-state index in [2.05, 4.69) is 36.9 Å². The number of nitrogens with two attached hydrogens (primary N) is 1. The summed E-state index contributed by atoms with van der Waals surface area (Å²) in [5.74, 6) is 3.17. The molecule has 0 amide bonds. The Kier molecular flexibility index (Phi) is 2.88. The van der Waals surface area contributed by atoms with Crippen LogP contribution >= 0.6 is 0 Å². The largest absolute Gasteiger partial charge is 0.383 e. The summed E-state index contributed by atoms with van der Waals surface area (Å²) in [6, 6.07) is 6.19. The maximum Gasteiger partial charge on any atom is 0.132 e. The average Bonchev–Trinajstić information content (AvgIpc) is 2.66. The van der Waals surface area contributed by atoms with Gasteiger partial charge in [0.25, 0.3) is 0 Å². The highest BCUT2D eigenvalue weighted by molar-refractivity contribution is 5.71. The fourth-order valence-electron chi connectivity index (χ4n) is 1.73. The molecule has 0 spiro atoms. The summed E-state index contributed by atoms with van der Waals surface area (Å²) in [5, 5.41) is 0. The quantitative estimate of drug-likeness (QED) is 0.797. The molecule has 0 aliphatic heterocycles. The van der Waals surface area contributed by atoms with Crippen LogP contribution < -0.4 is 5.73 Å². The van der Waals surface area contributed by atoms with E-state index in [4.69, 9.17) is 12.2 Å². The lowest BCUT2D eigenvalue weighted by molar-refractivity contribution is 0.852. The molecule has 2 aromatic rings. The number of terminal acetylenes is 1. The summed E-state index contributed by atoms with van der Waals surface area (Å²) in [7, 11) is 0. The second kappa shape index (κ2) is 4.34. The minimum absolute atomic E-state index is 0.448. The van der Waals surface area contributed by atoms with Crippen LogP contribution in [0.25, 0.3) is 11.3 Å². The van der Waals surface area contributed by atoms with Crippen molar-refractivity contribution in [1.29, 1.82) is 0 Å². The number of aromatic nitrogens is 2. The van der Waals surface area contributed by atoms with E-state index < -0.39 is 0 Å². The van der Waals surface area contributed by atoms with Gasteiger partial charge >= 0.3 is 0 Å². The van der Waals surface area contributed by atoms with E-state index in [9.17, 15) is 0 Å². The predicted molar refractivity (Wildman–Crippen MR) is 70.4 cm³/mol. The zero-order valence-electron chi connectivity index (χ0n) is 10.1. The van der Waals surface area contributed by atoms with Crippen molar-refractivity contribution in [2.45, 2.75) is 20.4 Å². The third-order valence-corrected chi connectivity index (χ3v) is 2.92. The monoisotopic (exact) mass is 225 g/mol. The Morgan fingerprint density at radius 3 is 2.76 bits per heavy atom. The van der Waals surface area contributed by atoms with Crippen LogP contribution in [0.1, 0.15) is 11.1 Å². The van der Waals surface area contributed by atoms with Gasteiger partial charge in [-0.3, -0.25) is 0 Å². The number of aryl methyl sites for hydroxylation is 2. The molecule has 17 heavy (non-hydrogen) atoms. The minimum atomic E-state index is 0.448. The van der Waals surface area contributed by atoms with Crippen LogP contribution in [0.2, 0.25) is 0 Å². The Hall–Kier alpha value is -2.21. The molecule has 0 saturated heterocycles. The van der Waals surface area contributed by atoms with Gasteiger partial charge < -0.3 is 10.3 Å². The Bertz CT molecular complexity index is 588. The number of anilines is 1. The van der Waals surface area contributed by atoms with E-state index in [1.54, 1.807) is 10.9 Å². The first kappa shape index (κ1) is 11.3. The SMILES string of the molecule is C#CCn1cnc(-c2ccc(C)c(C)c2)c1N. The first-order valence-electron chi connectivity index (χ1n) is 5.45. The summed E-state index contributed by atoms with van der Waals surface area (Å²) >= 11 is 0. The molecule has 1 heterocycles. The number of rotatable bonds is 2. The van der Waals surface area contributed by atoms with Crippen molar-refractivity contribution in [3.63, 3.8) is 0 Å². The van der Waals surface area contributed by atoms with Crippen molar-refractivity contribution in [2.24, 2.45) is 0 Å². The van der Waals surface area contributed by atoms with Gasteiger partial charge in [-0.1, -0.05) is 18.1 Å². The second-order valence-corrected chi connectivity index (χ2v) is 4.11. The fraction of sp³-hybridized carbons (Fsp3) is 0.214. The van der Waals surface area contributed by atoms with Gasteiger partial charge in [0.05, 0.1) is 12.9 Å². The molecule has 0 atom stereocenters. The molecule has 2 rings (SSSR count). The van der Waals surface area contributed by atoms with Gasteiger partial charge in [0.15, 0.2) is 0 Å². The highest BCUT2D eigenvalue weighted by Gasteiger charge is 2.09. The van der Waals surface area contributed by atoms with Crippen molar-refractivity contribution in [1.82, 2.24) is 9.55 Å². The number of nitrogen functional groups attached to an aromatic ring is 1. The molecule has 0 bridgehead atoms. The molecule has 86 valence electrons. The van der Waals surface area contributed by atoms with E-state index >= 15 is 0 Å². The van der Waals surface area contributed by atoms with Gasteiger partial charge in [0.1, 0.15) is 11.5 Å². The number of hydrogen-bond acceptors (Lipinski definition) is 2. The standard InChI is InChI=1S/C14H15N3/c1-4-7-17-9-16-13(14(17)15)12-6-5-10(2)11(3)8-12/h1,5-6,8-9H,7,15H2,2-3H3. The summed E-state index contributed by atoms with van der Waals surface area (Å²) in [5.41, 5.74) is 10.3. The predicted octanol–water partition coefficient (Wildman–Crippen LogP) is 2.38. The Labute approximate surface area is 101 Å². The van der Waals surface area contributed by atoms with E-state index in [1.807, 2.05) is 6.07 Å². The molecular formula is C14H15N3. The third kappa shape index (κ3) is 2.02. The molecule has 0 saturated carbocycles. The normalized spacial score (nSPS) is 10.2. The molecule has 3 nitrogen and oxygen atoms in total. The molecule has 0 fully saturated rings. The van der Waals surface area contributed by atoms with Gasteiger partial charge in [0, 0.05) is 5.56 Å². The van der Waals surface area contributed by atoms with Gasteiger partial charge in [-0.2, -0.15) is 0 Å². The van der Waals surface area contributed by atoms with Gasteiger partial charge in [-0.05, 0) is 31.0 Å². The Balaban J connectivity index is 2.47. The lowest BCUT2D eigenvalue weighted by atomic mass is 10.0. The summed E-state index contributed by atoms with van der Waals surface area (Å²) in [6.07, 6.45) is 6.95. The van der Waals surface area contributed by atoms with Gasteiger partial charge in [-0.15, -0.1) is 6.42 Å². The lowest BCUT2D eigenvalue weighted by Crippen LogP contribution is -2.00. The summed E-state index contributed by atoms with van der Waals surface area (Å²) in [4.78, 5) is 4.32. The number of hydrogen-bond donors (Lipinski definition) is 1.